The van der Waals surface area contributed by atoms with E-state index in [-0.39, 0.29) is 18.2 Å². The van der Waals surface area contributed by atoms with Gasteiger partial charge in [-0.15, -0.1) is 13.2 Å². The van der Waals surface area contributed by atoms with Crippen molar-refractivity contribution in [2.75, 3.05) is 7.11 Å². The zero-order chi connectivity index (χ0) is 19.3. The summed E-state index contributed by atoms with van der Waals surface area (Å²) in [7, 11) is 1.53. The summed E-state index contributed by atoms with van der Waals surface area (Å²) >= 11 is 0. The van der Waals surface area contributed by atoms with Crippen molar-refractivity contribution in [3.8, 4) is 22.6 Å². The Balaban J connectivity index is 2.34. The smallest absolute Gasteiger partial charge is 0.496 e. The van der Waals surface area contributed by atoms with E-state index in [1.165, 1.54) is 37.5 Å². The van der Waals surface area contributed by atoms with Gasteiger partial charge in [-0.05, 0) is 59.5 Å². The monoisotopic (exact) mass is 365 g/mol. The lowest BCUT2D eigenvalue weighted by Crippen LogP contribution is -2.20. The number of alkyl halides is 3. The van der Waals surface area contributed by atoms with E-state index in [1.807, 2.05) is 13.0 Å². The number of hydrogen-bond acceptors (Lipinski definition) is 3. The Labute approximate surface area is 149 Å². The molecule has 0 spiro atoms. The van der Waals surface area contributed by atoms with Crippen LogP contribution in [-0.4, -0.2) is 19.4 Å². The van der Waals surface area contributed by atoms with Crippen LogP contribution in [0.3, 0.4) is 0 Å². The van der Waals surface area contributed by atoms with Gasteiger partial charge in [0.2, 0.25) is 5.91 Å². The molecule has 138 valence electrons. The average Bonchev–Trinajstić information content (AvgIpc) is 2.60. The molecule has 0 aromatic heterocycles. The number of nitrogens with one attached hydrogen (secondary N) is 1. The van der Waals surface area contributed by atoms with Gasteiger partial charge in [0, 0.05) is 6.54 Å². The van der Waals surface area contributed by atoms with Crippen LogP contribution in [0.15, 0.2) is 49.1 Å². The Kier molecular flexibility index (Phi) is 5.92. The number of rotatable bonds is 6. The second-order valence-electron chi connectivity index (χ2n) is 5.46. The highest BCUT2D eigenvalue weighted by molar-refractivity contribution is 5.86. The van der Waals surface area contributed by atoms with Crippen LogP contribution in [0.1, 0.15) is 11.1 Å². The largest absolute Gasteiger partial charge is 0.573 e. The Morgan fingerprint density at radius 1 is 1.23 bits per heavy atom. The number of carbonyl (C=O) groups is 1. The van der Waals surface area contributed by atoms with Crippen LogP contribution in [0.2, 0.25) is 0 Å². The summed E-state index contributed by atoms with van der Waals surface area (Å²) in [6.45, 7) is 5.51. The zero-order valence-corrected chi connectivity index (χ0v) is 14.3. The summed E-state index contributed by atoms with van der Waals surface area (Å²) in [5.74, 6) is 0.0148. The maximum atomic E-state index is 12.3. The van der Waals surface area contributed by atoms with E-state index in [0.29, 0.717) is 11.3 Å². The molecule has 2 aromatic carbocycles. The van der Waals surface area contributed by atoms with Crippen molar-refractivity contribution in [3.05, 3.63) is 60.2 Å². The van der Waals surface area contributed by atoms with E-state index in [0.717, 1.165) is 16.7 Å². The van der Waals surface area contributed by atoms with E-state index in [4.69, 9.17) is 4.74 Å². The van der Waals surface area contributed by atoms with Crippen molar-refractivity contribution in [1.82, 2.24) is 5.32 Å². The topological polar surface area (TPSA) is 47.6 Å². The second-order valence-corrected chi connectivity index (χ2v) is 5.46. The standard InChI is InChI=1S/C19H18F3NO3/c1-4-18(24)23-11-13-9-16(12(2)17(10-13)25-3)14-5-7-15(8-6-14)26-19(20,21)22/h4-10H,1,11H2,2-3H3,(H,23,24). The highest BCUT2D eigenvalue weighted by atomic mass is 19.4. The van der Waals surface area contributed by atoms with Crippen molar-refractivity contribution in [3.63, 3.8) is 0 Å². The highest BCUT2D eigenvalue weighted by Crippen LogP contribution is 2.33. The predicted octanol–water partition coefficient (Wildman–Crippen LogP) is 4.37. The molecule has 7 heteroatoms. The number of benzene rings is 2. The first-order valence-corrected chi connectivity index (χ1v) is 7.67. The first-order chi connectivity index (χ1) is 12.2. The minimum absolute atomic E-state index is 0.268. The fraction of sp³-hybridized carbons (Fsp3) is 0.211. The minimum Gasteiger partial charge on any atom is -0.496 e. The fourth-order valence-corrected chi connectivity index (χ4v) is 2.46. The number of halogens is 3. The van der Waals surface area contributed by atoms with E-state index in [1.54, 1.807) is 6.07 Å². The Bertz CT molecular complexity index is 799. The molecule has 0 atom stereocenters. The number of amides is 1. The zero-order valence-electron chi connectivity index (χ0n) is 14.3. The molecule has 0 aliphatic heterocycles. The summed E-state index contributed by atoms with van der Waals surface area (Å²) in [6, 6.07) is 9.22. The van der Waals surface area contributed by atoms with Crippen LogP contribution in [0.5, 0.6) is 11.5 Å². The molecule has 0 saturated carbocycles. The van der Waals surface area contributed by atoms with E-state index >= 15 is 0 Å². The third-order valence-electron chi connectivity index (χ3n) is 3.69. The minimum atomic E-state index is -4.73. The van der Waals surface area contributed by atoms with E-state index < -0.39 is 6.36 Å². The molecule has 26 heavy (non-hydrogen) atoms. The van der Waals surface area contributed by atoms with Gasteiger partial charge < -0.3 is 14.8 Å². The summed E-state index contributed by atoms with van der Waals surface area (Å²) in [5, 5.41) is 2.68. The molecule has 0 heterocycles. The molecule has 0 saturated heterocycles. The lowest BCUT2D eigenvalue weighted by atomic mass is 9.97. The van der Waals surface area contributed by atoms with Crippen LogP contribution >= 0.6 is 0 Å². The number of hydrogen-bond donors (Lipinski definition) is 1. The van der Waals surface area contributed by atoms with Crippen LogP contribution in [-0.2, 0) is 11.3 Å². The molecular formula is C19H18F3NO3. The molecule has 1 N–H and O–H groups in total. The highest BCUT2D eigenvalue weighted by Gasteiger charge is 2.31. The van der Waals surface area contributed by atoms with Gasteiger partial charge in [0.05, 0.1) is 7.11 Å². The number of carbonyl (C=O) groups excluding carboxylic acids is 1. The van der Waals surface area contributed by atoms with Gasteiger partial charge in [0.25, 0.3) is 0 Å². The SMILES string of the molecule is C=CC(=O)NCc1cc(OC)c(C)c(-c2ccc(OC(F)(F)F)cc2)c1. The van der Waals surface area contributed by atoms with Crippen LogP contribution < -0.4 is 14.8 Å². The molecule has 0 bridgehead atoms. The molecule has 0 aliphatic carbocycles. The normalized spacial score (nSPS) is 11.0. The van der Waals surface area contributed by atoms with Gasteiger partial charge in [-0.25, -0.2) is 0 Å². The number of ether oxygens (including phenoxy) is 2. The fourth-order valence-electron chi connectivity index (χ4n) is 2.46. The summed E-state index contributed by atoms with van der Waals surface area (Å²) < 4.78 is 46.1. The third kappa shape index (κ3) is 5.02. The van der Waals surface area contributed by atoms with Gasteiger partial charge >= 0.3 is 6.36 Å². The molecular weight excluding hydrogens is 347 g/mol. The third-order valence-corrected chi connectivity index (χ3v) is 3.69. The molecule has 1 amide bonds. The molecule has 0 aliphatic rings. The average molecular weight is 365 g/mol. The van der Waals surface area contributed by atoms with Gasteiger partial charge in [0.1, 0.15) is 11.5 Å². The van der Waals surface area contributed by atoms with Gasteiger partial charge in [-0.1, -0.05) is 18.7 Å². The van der Waals surface area contributed by atoms with Crippen molar-refractivity contribution in [2.24, 2.45) is 0 Å². The lowest BCUT2D eigenvalue weighted by molar-refractivity contribution is -0.274. The lowest BCUT2D eigenvalue weighted by Gasteiger charge is -2.15. The Morgan fingerprint density at radius 3 is 2.42 bits per heavy atom. The second kappa shape index (κ2) is 7.95. The maximum Gasteiger partial charge on any atom is 0.573 e. The molecule has 4 nitrogen and oxygen atoms in total. The Hall–Kier alpha value is -2.96. The maximum absolute atomic E-state index is 12.3. The molecule has 0 unspecified atom stereocenters. The van der Waals surface area contributed by atoms with Crippen LogP contribution in [0.4, 0.5) is 13.2 Å². The van der Waals surface area contributed by atoms with Crippen molar-refractivity contribution < 1.29 is 27.4 Å². The molecule has 0 radical (unpaired) electrons. The van der Waals surface area contributed by atoms with Crippen molar-refractivity contribution in [2.45, 2.75) is 19.8 Å². The molecule has 2 aromatic rings. The predicted molar refractivity (Wildman–Crippen MR) is 91.9 cm³/mol. The summed E-state index contributed by atoms with van der Waals surface area (Å²) in [6.07, 6.45) is -3.56. The van der Waals surface area contributed by atoms with E-state index in [9.17, 15) is 18.0 Å². The summed E-state index contributed by atoms with van der Waals surface area (Å²) in [5.41, 5.74) is 3.10. The van der Waals surface area contributed by atoms with Crippen molar-refractivity contribution >= 4 is 5.91 Å². The number of methoxy groups -OCH3 is 1. The summed E-state index contributed by atoms with van der Waals surface area (Å²) in [4.78, 5) is 11.3. The van der Waals surface area contributed by atoms with Crippen molar-refractivity contribution in [1.29, 1.82) is 0 Å². The van der Waals surface area contributed by atoms with Gasteiger partial charge in [-0.3, -0.25) is 4.79 Å². The van der Waals surface area contributed by atoms with E-state index in [2.05, 4.69) is 16.6 Å². The quantitative estimate of drug-likeness (QED) is 0.774. The van der Waals surface area contributed by atoms with Crippen LogP contribution in [0.25, 0.3) is 11.1 Å². The van der Waals surface area contributed by atoms with Gasteiger partial charge in [-0.2, -0.15) is 0 Å². The van der Waals surface area contributed by atoms with Gasteiger partial charge in [0.15, 0.2) is 0 Å². The first-order valence-electron chi connectivity index (χ1n) is 7.67. The molecule has 0 fully saturated rings. The molecule has 2 rings (SSSR count). The Morgan fingerprint density at radius 2 is 1.88 bits per heavy atom. The van der Waals surface area contributed by atoms with Crippen LogP contribution in [0, 0.1) is 6.92 Å². The first kappa shape index (κ1) is 19.4.